The molecule has 0 saturated heterocycles. The molecule has 0 radical (unpaired) electrons. The number of hydrogen-bond acceptors (Lipinski definition) is 3. The highest BCUT2D eigenvalue weighted by atomic mass is 32.2. The van der Waals surface area contributed by atoms with Gasteiger partial charge in [0.15, 0.2) is 10.7 Å². The van der Waals surface area contributed by atoms with E-state index in [4.69, 9.17) is 0 Å². The number of aryl methyl sites for hydroxylation is 1. The molecule has 14 heavy (non-hydrogen) atoms. The summed E-state index contributed by atoms with van der Waals surface area (Å²) in [5.74, 6) is 0. The van der Waals surface area contributed by atoms with Crippen molar-refractivity contribution >= 4 is 21.5 Å². The molecule has 2 aromatic rings. The minimum Gasteiger partial charge on any atom is -0.264 e. The summed E-state index contributed by atoms with van der Waals surface area (Å²) < 4.78 is 21.9. The molecular weight excluding hydrogens is 198 g/mol. The maximum Gasteiger partial charge on any atom is 0.168 e. The fourth-order valence-corrected chi connectivity index (χ4v) is 2.06. The first-order chi connectivity index (χ1) is 6.70. The van der Waals surface area contributed by atoms with Gasteiger partial charge in [0.2, 0.25) is 0 Å². The van der Waals surface area contributed by atoms with Gasteiger partial charge in [-0.05, 0) is 24.6 Å². The zero-order valence-corrected chi connectivity index (χ0v) is 8.49. The monoisotopic (exact) mass is 207 g/mol. The predicted octanol–water partition coefficient (Wildman–Crippen LogP) is 1.51. The van der Waals surface area contributed by atoms with E-state index in [9.17, 15) is 8.42 Å². The number of aromatic nitrogens is 1. The molecule has 0 atom stereocenters. The number of benzene rings is 1. The lowest BCUT2D eigenvalue weighted by Crippen LogP contribution is -1.87. The Balaban J connectivity index is 2.95. The Labute approximate surface area is 83.4 Å². The van der Waals surface area contributed by atoms with Crippen LogP contribution in [0.3, 0.4) is 0 Å². The maximum atomic E-state index is 10.9. The van der Waals surface area contributed by atoms with Crippen molar-refractivity contribution in [2.45, 2.75) is 11.8 Å². The summed E-state index contributed by atoms with van der Waals surface area (Å²) in [4.78, 5) is 4.34. The lowest BCUT2D eigenvalue weighted by atomic mass is 10.1. The van der Waals surface area contributed by atoms with E-state index in [2.05, 4.69) is 4.98 Å². The molecule has 1 heterocycles. The van der Waals surface area contributed by atoms with E-state index in [1.165, 1.54) is 0 Å². The number of rotatable bonds is 1. The van der Waals surface area contributed by atoms with E-state index in [0.29, 0.717) is 4.90 Å². The van der Waals surface area contributed by atoms with Gasteiger partial charge in [-0.1, -0.05) is 6.07 Å². The van der Waals surface area contributed by atoms with Crippen LogP contribution in [0.25, 0.3) is 10.8 Å². The molecule has 0 saturated carbocycles. The summed E-state index contributed by atoms with van der Waals surface area (Å²) in [6.45, 7) is 1.94. The van der Waals surface area contributed by atoms with Crippen LogP contribution in [0, 0.1) is 6.92 Å². The molecule has 0 bridgehead atoms. The third kappa shape index (κ3) is 1.37. The summed E-state index contributed by atoms with van der Waals surface area (Å²) in [6.07, 6.45) is 3.29. The highest BCUT2D eigenvalue weighted by molar-refractivity contribution is 7.72. The lowest BCUT2D eigenvalue weighted by Gasteiger charge is -2.02. The summed E-state index contributed by atoms with van der Waals surface area (Å²) >= 11 is 0. The van der Waals surface area contributed by atoms with Crippen LogP contribution in [-0.2, 0) is 10.7 Å². The summed E-state index contributed by atoms with van der Waals surface area (Å²) in [5.41, 5.74) is 1.04. The van der Waals surface area contributed by atoms with Gasteiger partial charge in [-0.15, -0.1) is 0 Å². The largest absolute Gasteiger partial charge is 0.264 e. The molecular formula is C10H9NO2S. The van der Waals surface area contributed by atoms with Gasteiger partial charge >= 0.3 is 0 Å². The van der Waals surface area contributed by atoms with Crippen LogP contribution in [0.1, 0.15) is 5.56 Å². The van der Waals surface area contributed by atoms with Crippen LogP contribution in [0.5, 0.6) is 0 Å². The molecule has 0 fully saturated rings. The summed E-state index contributed by atoms with van der Waals surface area (Å²) in [7, 11) is -2.54. The van der Waals surface area contributed by atoms with Gasteiger partial charge in [-0.3, -0.25) is 4.98 Å². The minimum atomic E-state index is -2.54. The second-order valence-corrected chi connectivity index (χ2v) is 4.08. The van der Waals surface area contributed by atoms with Crippen molar-refractivity contribution in [1.29, 1.82) is 0 Å². The Bertz CT molecular complexity index is 553. The fourth-order valence-electron chi connectivity index (χ4n) is 1.47. The van der Waals surface area contributed by atoms with E-state index in [0.717, 1.165) is 16.3 Å². The molecule has 0 aliphatic carbocycles. The molecule has 0 aliphatic rings. The highest BCUT2D eigenvalue weighted by Crippen LogP contribution is 2.21. The van der Waals surface area contributed by atoms with Crippen LogP contribution in [0.4, 0.5) is 0 Å². The second-order valence-electron chi connectivity index (χ2n) is 3.08. The molecule has 0 unspecified atom stereocenters. The Hall–Kier alpha value is -1.42. The van der Waals surface area contributed by atoms with Gasteiger partial charge < -0.3 is 0 Å². The molecule has 1 aromatic heterocycles. The van der Waals surface area contributed by atoms with Gasteiger partial charge in [0.05, 0.1) is 4.90 Å². The quantitative estimate of drug-likeness (QED) is 0.721. The number of pyridine rings is 1. The molecule has 3 nitrogen and oxygen atoms in total. The molecule has 0 aliphatic heterocycles. The SMILES string of the molecule is Cc1ccc([SH](=O)=O)c2ccncc12. The van der Waals surface area contributed by atoms with Crippen LogP contribution in [-0.4, -0.2) is 13.4 Å². The van der Waals surface area contributed by atoms with Crippen LogP contribution in [0.2, 0.25) is 0 Å². The topological polar surface area (TPSA) is 47.0 Å². The standard InChI is InChI=1S/C10H9NO2S/c1-7-2-3-10(14(12)13)8-4-5-11-6-9(7)8/h2-6,14H,1H3. The van der Waals surface area contributed by atoms with Crippen molar-refractivity contribution in [3.63, 3.8) is 0 Å². The van der Waals surface area contributed by atoms with Gasteiger partial charge in [0.1, 0.15) is 0 Å². The number of nitrogens with zero attached hydrogens (tertiary/aromatic N) is 1. The normalized spacial score (nSPS) is 11.0. The summed E-state index contributed by atoms with van der Waals surface area (Å²) in [6, 6.07) is 5.15. The Morgan fingerprint density at radius 2 is 1.93 bits per heavy atom. The molecule has 1 aromatic carbocycles. The van der Waals surface area contributed by atoms with Gasteiger partial charge in [0.25, 0.3) is 0 Å². The van der Waals surface area contributed by atoms with Gasteiger partial charge in [0, 0.05) is 23.2 Å². The van der Waals surface area contributed by atoms with E-state index >= 15 is 0 Å². The fraction of sp³-hybridized carbons (Fsp3) is 0.100. The van der Waals surface area contributed by atoms with E-state index in [-0.39, 0.29) is 0 Å². The Morgan fingerprint density at radius 1 is 1.14 bits per heavy atom. The van der Waals surface area contributed by atoms with Crippen molar-refractivity contribution in [3.8, 4) is 0 Å². The first-order valence-electron chi connectivity index (χ1n) is 4.18. The first kappa shape index (κ1) is 9.15. The number of thiol groups is 1. The van der Waals surface area contributed by atoms with Crippen LogP contribution in [0.15, 0.2) is 35.5 Å². The molecule has 4 heteroatoms. The van der Waals surface area contributed by atoms with E-state index in [1.807, 2.05) is 6.92 Å². The van der Waals surface area contributed by atoms with Crippen molar-refractivity contribution in [2.75, 3.05) is 0 Å². The Morgan fingerprint density at radius 3 is 2.64 bits per heavy atom. The molecule has 0 amide bonds. The van der Waals surface area contributed by atoms with Crippen molar-refractivity contribution in [3.05, 3.63) is 36.2 Å². The van der Waals surface area contributed by atoms with E-state index in [1.54, 1.807) is 30.6 Å². The highest BCUT2D eigenvalue weighted by Gasteiger charge is 2.04. The van der Waals surface area contributed by atoms with Gasteiger partial charge in [-0.2, -0.15) is 0 Å². The lowest BCUT2D eigenvalue weighted by molar-refractivity contribution is 0.615. The number of fused-ring (bicyclic) bond motifs is 1. The first-order valence-corrected chi connectivity index (χ1v) is 5.35. The third-order valence-electron chi connectivity index (χ3n) is 2.21. The summed E-state index contributed by atoms with van der Waals surface area (Å²) in [5, 5.41) is 1.64. The van der Waals surface area contributed by atoms with Crippen LogP contribution >= 0.6 is 0 Å². The van der Waals surface area contributed by atoms with Crippen molar-refractivity contribution in [2.24, 2.45) is 0 Å². The average Bonchev–Trinajstić information content (AvgIpc) is 2.18. The predicted molar refractivity (Wildman–Crippen MR) is 55.1 cm³/mol. The second kappa shape index (κ2) is 3.38. The molecule has 0 spiro atoms. The minimum absolute atomic E-state index is 0.364. The van der Waals surface area contributed by atoms with E-state index < -0.39 is 10.7 Å². The van der Waals surface area contributed by atoms with Crippen molar-refractivity contribution in [1.82, 2.24) is 4.98 Å². The molecule has 72 valence electrons. The zero-order valence-electron chi connectivity index (χ0n) is 7.60. The third-order valence-corrected chi connectivity index (χ3v) is 2.99. The average molecular weight is 207 g/mol. The van der Waals surface area contributed by atoms with Crippen LogP contribution < -0.4 is 0 Å². The maximum absolute atomic E-state index is 10.9. The smallest absolute Gasteiger partial charge is 0.168 e. The molecule has 2 rings (SSSR count). The number of hydrogen-bond donors (Lipinski definition) is 1. The van der Waals surface area contributed by atoms with Crippen molar-refractivity contribution < 1.29 is 8.42 Å². The molecule has 0 N–H and O–H groups in total. The zero-order chi connectivity index (χ0) is 10.1. The Kier molecular flexibility index (Phi) is 2.21. The van der Waals surface area contributed by atoms with Gasteiger partial charge in [-0.25, -0.2) is 8.42 Å².